The maximum absolute atomic E-state index is 12.5. The van der Waals surface area contributed by atoms with Crippen LogP contribution in [0, 0.1) is 10.5 Å². The summed E-state index contributed by atoms with van der Waals surface area (Å²) < 4.78 is 25.3. The number of hydrogen-bond donors (Lipinski definition) is 1. The van der Waals surface area contributed by atoms with Crippen LogP contribution in [0.4, 0.5) is 8.78 Å². The molecule has 0 aromatic carbocycles. The van der Waals surface area contributed by atoms with Gasteiger partial charge in [0.1, 0.15) is 0 Å². The zero-order chi connectivity index (χ0) is 11.6. The Balaban J connectivity index is 3.23. The Kier molecular flexibility index (Phi) is 3.95. The predicted octanol–water partition coefficient (Wildman–Crippen LogP) is 2.56. The molecule has 0 atom stereocenters. The van der Waals surface area contributed by atoms with E-state index in [0.29, 0.717) is 11.3 Å². The molecule has 3 nitrogen and oxygen atoms in total. The van der Waals surface area contributed by atoms with Crippen LogP contribution in [0.5, 0.6) is 0 Å². The number of alkyl halides is 2. The first-order valence-corrected chi connectivity index (χ1v) is 5.15. The fourth-order valence-corrected chi connectivity index (χ4v) is 2.10. The number of carboxylic acid groups (broad SMARTS) is 1. The van der Waals surface area contributed by atoms with Crippen LogP contribution in [0.15, 0.2) is 6.20 Å². The topological polar surface area (TPSA) is 50.2 Å². The van der Waals surface area contributed by atoms with Gasteiger partial charge in [0, 0.05) is 21.0 Å². The lowest BCUT2D eigenvalue weighted by molar-refractivity contribution is -0.136. The maximum atomic E-state index is 12.5. The van der Waals surface area contributed by atoms with Crippen LogP contribution in [0.1, 0.15) is 23.2 Å². The summed E-state index contributed by atoms with van der Waals surface area (Å²) in [6.45, 7) is 1.61. The third-order valence-corrected chi connectivity index (χ3v) is 3.19. The van der Waals surface area contributed by atoms with Gasteiger partial charge in [0.2, 0.25) is 0 Å². The molecule has 15 heavy (non-hydrogen) atoms. The number of hydrogen-bond acceptors (Lipinski definition) is 2. The molecule has 0 aliphatic carbocycles. The third-order valence-electron chi connectivity index (χ3n) is 1.92. The maximum Gasteiger partial charge on any atom is 0.307 e. The van der Waals surface area contributed by atoms with E-state index in [1.807, 2.05) is 0 Å². The molecule has 0 aliphatic rings. The quantitative estimate of drug-likeness (QED) is 0.868. The molecule has 0 amide bonds. The highest BCUT2D eigenvalue weighted by Gasteiger charge is 2.18. The van der Waals surface area contributed by atoms with Crippen molar-refractivity contribution in [3.8, 4) is 0 Å². The summed E-state index contributed by atoms with van der Waals surface area (Å²) in [4.78, 5) is 14.3. The molecule has 0 fully saturated rings. The Morgan fingerprint density at radius 2 is 2.27 bits per heavy atom. The van der Waals surface area contributed by atoms with Crippen molar-refractivity contribution in [2.24, 2.45) is 0 Å². The summed E-state index contributed by atoms with van der Waals surface area (Å²) in [7, 11) is 0. The molecule has 82 valence electrons. The van der Waals surface area contributed by atoms with Crippen molar-refractivity contribution in [1.82, 2.24) is 4.98 Å². The number of carbonyl (C=O) groups is 1. The normalized spacial score (nSPS) is 10.7. The minimum atomic E-state index is -2.63. The zero-order valence-corrected chi connectivity index (χ0v) is 9.96. The Hall–Kier alpha value is -0.790. The number of aryl methyl sites for hydroxylation is 1. The van der Waals surface area contributed by atoms with Gasteiger partial charge in [0.25, 0.3) is 6.43 Å². The van der Waals surface area contributed by atoms with Crippen LogP contribution in [0.3, 0.4) is 0 Å². The van der Waals surface area contributed by atoms with Gasteiger partial charge in [-0.15, -0.1) is 0 Å². The predicted molar refractivity (Wildman–Crippen MR) is 58.0 cm³/mol. The van der Waals surface area contributed by atoms with Gasteiger partial charge in [0.15, 0.2) is 0 Å². The average Bonchev–Trinajstić information content (AvgIpc) is 2.11. The first-order valence-electron chi connectivity index (χ1n) is 4.07. The van der Waals surface area contributed by atoms with E-state index >= 15 is 0 Å². The Labute approximate surface area is 98.7 Å². The van der Waals surface area contributed by atoms with Crippen LogP contribution < -0.4 is 0 Å². The second-order valence-electron chi connectivity index (χ2n) is 2.96. The summed E-state index contributed by atoms with van der Waals surface area (Å²) in [6, 6.07) is 0. The first-order chi connectivity index (χ1) is 6.93. The van der Waals surface area contributed by atoms with E-state index in [1.165, 1.54) is 0 Å². The standard InChI is InChI=1S/C9H8F2INO2/c1-4-5(2-7(14)15)8(12)6(3-13-4)9(10)11/h3,9H,2H2,1H3,(H,14,15). The molecule has 0 saturated heterocycles. The van der Waals surface area contributed by atoms with Crippen LogP contribution in [-0.4, -0.2) is 16.1 Å². The van der Waals surface area contributed by atoms with E-state index in [4.69, 9.17) is 5.11 Å². The van der Waals surface area contributed by atoms with Gasteiger partial charge in [-0.1, -0.05) is 0 Å². The summed E-state index contributed by atoms with van der Waals surface area (Å²) in [5.74, 6) is -1.05. The van der Waals surface area contributed by atoms with Crippen molar-refractivity contribution in [3.63, 3.8) is 0 Å². The molecular weight excluding hydrogens is 319 g/mol. The summed E-state index contributed by atoms with van der Waals surface area (Å²) in [5, 5.41) is 8.63. The summed E-state index contributed by atoms with van der Waals surface area (Å²) in [6.07, 6.45) is -1.82. The van der Waals surface area contributed by atoms with Crippen molar-refractivity contribution in [1.29, 1.82) is 0 Å². The smallest absolute Gasteiger partial charge is 0.307 e. The minimum Gasteiger partial charge on any atom is -0.481 e. The second kappa shape index (κ2) is 4.82. The first kappa shape index (κ1) is 12.3. The van der Waals surface area contributed by atoms with Crippen molar-refractivity contribution in [2.75, 3.05) is 0 Å². The lowest BCUT2D eigenvalue weighted by Gasteiger charge is -2.09. The number of rotatable bonds is 3. The molecule has 0 aliphatic heterocycles. The number of pyridine rings is 1. The van der Waals surface area contributed by atoms with Crippen molar-refractivity contribution in [3.05, 3.63) is 26.6 Å². The van der Waals surface area contributed by atoms with Gasteiger partial charge in [-0.2, -0.15) is 0 Å². The molecule has 1 rings (SSSR count). The number of nitrogens with zero attached hydrogens (tertiary/aromatic N) is 1. The van der Waals surface area contributed by atoms with Gasteiger partial charge in [0.05, 0.1) is 6.42 Å². The SMILES string of the molecule is Cc1ncc(C(F)F)c(I)c1CC(=O)O. The number of halogens is 3. The highest BCUT2D eigenvalue weighted by Crippen LogP contribution is 2.27. The Morgan fingerprint density at radius 1 is 1.67 bits per heavy atom. The number of carboxylic acids is 1. The third kappa shape index (κ3) is 2.83. The fraction of sp³-hybridized carbons (Fsp3) is 0.333. The van der Waals surface area contributed by atoms with Crippen LogP contribution >= 0.6 is 22.6 Å². The van der Waals surface area contributed by atoms with Crippen molar-refractivity contribution >= 4 is 28.6 Å². The van der Waals surface area contributed by atoms with E-state index in [-0.39, 0.29) is 15.6 Å². The molecule has 0 radical (unpaired) electrons. The van der Waals surface area contributed by atoms with Gasteiger partial charge >= 0.3 is 5.97 Å². The lowest BCUT2D eigenvalue weighted by Crippen LogP contribution is -2.08. The van der Waals surface area contributed by atoms with Crippen molar-refractivity contribution < 1.29 is 18.7 Å². The molecule has 6 heteroatoms. The monoisotopic (exact) mass is 327 g/mol. The molecule has 1 aromatic heterocycles. The van der Waals surface area contributed by atoms with Gasteiger partial charge in [-0.05, 0) is 35.1 Å². The van der Waals surface area contributed by atoms with E-state index in [0.717, 1.165) is 6.20 Å². The van der Waals surface area contributed by atoms with E-state index < -0.39 is 12.4 Å². The minimum absolute atomic E-state index is 0.211. The van der Waals surface area contributed by atoms with E-state index in [1.54, 1.807) is 29.5 Å². The largest absolute Gasteiger partial charge is 0.481 e. The molecule has 0 saturated carbocycles. The Morgan fingerprint density at radius 3 is 2.73 bits per heavy atom. The van der Waals surface area contributed by atoms with E-state index in [9.17, 15) is 13.6 Å². The van der Waals surface area contributed by atoms with Crippen LogP contribution in [0.2, 0.25) is 0 Å². The lowest BCUT2D eigenvalue weighted by atomic mass is 10.1. The summed E-state index contributed by atoms with van der Waals surface area (Å²) in [5.41, 5.74) is 0.629. The van der Waals surface area contributed by atoms with Gasteiger partial charge in [-0.25, -0.2) is 8.78 Å². The highest BCUT2D eigenvalue weighted by molar-refractivity contribution is 14.1. The fourth-order valence-electron chi connectivity index (χ4n) is 1.14. The van der Waals surface area contributed by atoms with Crippen LogP contribution in [-0.2, 0) is 11.2 Å². The van der Waals surface area contributed by atoms with Crippen molar-refractivity contribution in [2.45, 2.75) is 19.8 Å². The molecular formula is C9H8F2INO2. The molecule has 1 aromatic rings. The van der Waals surface area contributed by atoms with Crippen LogP contribution in [0.25, 0.3) is 0 Å². The summed E-state index contributed by atoms with van der Waals surface area (Å²) >= 11 is 1.73. The number of aromatic nitrogens is 1. The molecule has 0 bridgehead atoms. The average molecular weight is 327 g/mol. The second-order valence-corrected chi connectivity index (χ2v) is 4.04. The van der Waals surface area contributed by atoms with E-state index in [2.05, 4.69) is 4.98 Å². The molecule has 0 unspecified atom stereocenters. The molecule has 1 N–H and O–H groups in total. The van der Waals surface area contributed by atoms with Gasteiger partial charge in [-0.3, -0.25) is 9.78 Å². The number of aliphatic carboxylic acids is 1. The molecule has 1 heterocycles. The van der Waals surface area contributed by atoms with Gasteiger partial charge < -0.3 is 5.11 Å². The zero-order valence-electron chi connectivity index (χ0n) is 7.80. The Bertz CT molecular complexity index is 396. The highest BCUT2D eigenvalue weighted by atomic mass is 127. The molecule has 0 spiro atoms.